The van der Waals surface area contributed by atoms with E-state index in [-0.39, 0.29) is 12.1 Å². The van der Waals surface area contributed by atoms with E-state index in [2.05, 4.69) is 5.32 Å². The second kappa shape index (κ2) is 12.2. The smallest absolute Gasteiger partial charge is 0.382 e. The van der Waals surface area contributed by atoms with Crippen molar-refractivity contribution in [2.24, 2.45) is 0 Å². The van der Waals surface area contributed by atoms with E-state index in [9.17, 15) is 32.7 Å². The number of benzene rings is 3. The van der Waals surface area contributed by atoms with E-state index in [4.69, 9.17) is 0 Å². The second-order valence-electron chi connectivity index (χ2n) is 9.39. The van der Waals surface area contributed by atoms with Crippen LogP contribution in [0, 0.1) is 0 Å². The van der Waals surface area contributed by atoms with Crippen molar-refractivity contribution in [2.45, 2.75) is 37.7 Å². The highest BCUT2D eigenvalue weighted by Gasteiger charge is 2.45. The van der Waals surface area contributed by atoms with Crippen molar-refractivity contribution in [2.75, 3.05) is 6.54 Å². The van der Waals surface area contributed by atoms with Crippen LogP contribution >= 0.6 is 0 Å². The van der Waals surface area contributed by atoms with Gasteiger partial charge in [-0.2, -0.15) is 13.2 Å². The molecule has 10 heteroatoms. The number of aliphatic hydroxyl groups is 1. The first kappa shape index (κ1) is 28.6. The van der Waals surface area contributed by atoms with Crippen LogP contribution in [0.2, 0.25) is 0 Å². The Bertz CT molecular complexity index is 1370. The van der Waals surface area contributed by atoms with Gasteiger partial charge in [0, 0.05) is 13.1 Å². The summed E-state index contributed by atoms with van der Waals surface area (Å²) in [4.78, 5) is 42.2. The first-order valence-corrected chi connectivity index (χ1v) is 12.6. The SMILES string of the molecule is CC(=O)N1C=C(c2ccccc2)N(CC(=O)NC(Cc2ccccc2)C(O)C(F)(F)F)C(=O)C1c1ccccc1. The van der Waals surface area contributed by atoms with Gasteiger partial charge in [-0.25, -0.2) is 0 Å². The van der Waals surface area contributed by atoms with Gasteiger partial charge in [-0.05, 0) is 23.1 Å². The van der Waals surface area contributed by atoms with Crippen LogP contribution in [-0.2, 0) is 20.8 Å². The zero-order valence-electron chi connectivity index (χ0n) is 21.6. The van der Waals surface area contributed by atoms with Crippen molar-refractivity contribution in [3.8, 4) is 0 Å². The molecule has 0 saturated carbocycles. The zero-order chi connectivity index (χ0) is 28.9. The average molecular weight is 552 g/mol. The standard InChI is InChI=1S/C30H28F3N3O4/c1-20(37)35-18-25(22-13-7-3-8-14-22)36(29(40)27(35)23-15-9-4-10-16-23)19-26(38)34-24(28(39)30(31,32)33)17-21-11-5-2-6-12-21/h2-16,18,24,27-28,39H,17,19H2,1H3,(H,34,38). The minimum atomic E-state index is -4.98. The first-order valence-electron chi connectivity index (χ1n) is 12.6. The molecule has 3 atom stereocenters. The first-order chi connectivity index (χ1) is 19.1. The summed E-state index contributed by atoms with van der Waals surface area (Å²) in [6, 6.07) is 22.5. The fourth-order valence-corrected chi connectivity index (χ4v) is 4.61. The molecule has 1 heterocycles. The molecule has 7 nitrogen and oxygen atoms in total. The summed E-state index contributed by atoms with van der Waals surface area (Å²) in [6.07, 6.45) is -6.63. The molecule has 4 rings (SSSR count). The predicted octanol–water partition coefficient (Wildman–Crippen LogP) is 4.07. The van der Waals surface area contributed by atoms with Crippen LogP contribution in [-0.4, -0.2) is 57.5 Å². The van der Waals surface area contributed by atoms with E-state index in [1.54, 1.807) is 91.0 Å². The molecule has 3 amide bonds. The highest BCUT2D eigenvalue weighted by Crippen LogP contribution is 2.34. The summed E-state index contributed by atoms with van der Waals surface area (Å²) in [5, 5.41) is 12.3. The molecule has 1 aliphatic heterocycles. The van der Waals surface area contributed by atoms with E-state index >= 15 is 0 Å². The van der Waals surface area contributed by atoms with E-state index in [1.165, 1.54) is 18.0 Å². The van der Waals surface area contributed by atoms with Crippen molar-refractivity contribution < 1.29 is 32.7 Å². The molecular formula is C30H28F3N3O4. The van der Waals surface area contributed by atoms with Gasteiger partial charge < -0.3 is 15.3 Å². The molecule has 2 N–H and O–H groups in total. The number of hydrogen-bond donors (Lipinski definition) is 2. The lowest BCUT2D eigenvalue weighted by molar-refractivity contribution is -0.212. The molecule has 0 saturated heterocycles. The average Bonchev–Trinajstić information content (AvgIpc) is 2.94. The van der Waals surface area contributed by atoms with E-state index in [1.807, 2.05) is 0 Å². The zero-order valence-corrected chi connectivity index (χ0v) is 21.6. The van der Waals surface area contributed by atoms with Crippen molar-refractivity contribution in [1.29, 1.82) is 0 Å². The van der Waals surface area contributed by atoms with Crippen molar-refractivity contribution >= 4 is 23.4 Å². The Morgan fingerprint density at radius 1 is 0.925 bits per heavy atom. The molecule has 3 aromatic carbocycles. The molecule has 3 unspecified atom stereocenters. The third-order valence-corrected chi connectivity index (χ3v) is 6.54. The van der Waals surface area contributed by atoms with Gasteiger partial charge in [-0.1, -0.05) is 91.0 Å². The summed E-state index contributed by atoms with van der Waals surface area (Å²) < 4.78 is 40.5. The Morgan fingerprint density at radius 2 is 1.48 bits per heavy atom. The largest absolute Gasteiger partial charge is 0.416 e. The van der Waals surface area contributed by atoms with Gasteiger partial charge in [0.05, 0.1) is 11.7 Å². The molecule has 40 heavy (non-hydrogen) atoms. The number of hydrogen-bond acceptors (Lipinski definition) is 4. The maximum absolute atomic E-state index is 13.9. The second-order valence-corrected chi connectivity index (χ2v) is 9.39. The highest BCUT2D eigenvalue weighted by atomic mass is 19.4. The fourth-order valence-electron chi connectivity index (χ4n) is 4.61. The Kier molecular flexibility index (Phi) is 8.69. The molecule has 0 spiro atoms. The van der Waals surface area contributed by atoms with E-state index in [0.717, 1.165) is 4.90 Å². The Morgan fingerprint density at radius 3 is 2.02 bits per heavy atom. The van der Waals surface area contributed by atoms with Gasteiger partial charge in [0.25, 0.3) is 5.91 Å². The number of nitrogens with zero attached hydrogens (tertiary/aromatic N) is 2. The Labute approximate surface area is 229 Å². The molecule has 1 aliphatic rings. The number of rotatable bonds is 8. The maximum Gasteiger partial charge on any atom is 0.416 e. The monoisotopic (exact) mass is 551 g/mol. The summed E-state index contributed by atoms with van der Waals surface area (Å²) in [5.41, 5.74) is 1.75. The summed E-state index contributed by atoms with van der Waals surface area (Å²) >= 11 is 0. The number of alkyl halides is 3. The molecule has 208 valence electrons. The summed E-state index contributed by atoms with van der Waals surface area (Å²) in [5.74, 6) is -1.91. The van der Waals surface area contributed by atoms with Crippen LogP contribution in [0.15, 0.2) is 97.2 Å². The maximum atomic E-state index is 13.9. The van der Waals surface area contributed by atoms with Gasteiger partial charge >= 0.3 is 6.18 Å². The molecule has 0 aromatic heterocycles. The molecule has 0 fully saturated rings. The minimum Gasteiger partial charge on any atom is -0.382 e. The molecule has 0 radical (unpaired) electrons. The topological polar surface area (TPSA) is 90.0 Å². The normalized spacial score (nSPS) is 17.2. The molecule has 0 aliphatic carbocycles. The van der Waals surface area contributed by atoms with Crippen LogP contribution in [0.5, 0.6) is 0 Å². The highest BCUT2D eigenvalue weighted by molar-refractivity contribution is 5.99. The minimum absolute atomic E-state index is 0.235. The predicted molar refractivity (Wildman–Crippen MR) is 142 cm³/mol. The summed E-state index contributed by atoms with van der Waals surface area (Å²) in [7, 11) is 0. The van der Waals surface area contributed by atoms with Gasteiger partial charge in [0.1, 0.15) is 12.6 Å². The lowest BCUT2D eigenvalue weighted by atomic mass is 9.99. The van der Waals surface area contributed by atoms with E-state index < -0.39 is 48.6 Å². The molecule has 0 bridgehead atoms. The quantitative estimate of drug-likeness (QED) is 0.442. The van der Waals surface area contributed by atoms with Gasteiger partial charge in [0.15, 0.2) is 6.10 Å². The number of halogens is 3. The van der Waals surface area contributed by atoms with Crippen molar-refractivity contribution in [3.05, 3.63) is 114 Å². The van der Waals surface area contributed by atoms with Crippen molar-refractivity contribution in [3.63, 3.8) is 0 Å². The number of nitrogens with one attached hydrogen (secondary N) is 1. The van der Waals surface area contributed by atoms with Crippen molar-refractivity contribution in [1.82, 2.24) is 15.1 Å². The van der Waals surface area contributed by atoms with Gasteiger partial charge in [0.2, 0.25) is 11.8 Å². The van der Waals surface area contributed by atoms with Crippen LogP contribution in [0.4, 0.5) is 13.2 Å². The number of carbonyl (C=O) groups excluding carboxylic acids is 3. The van der Waals surface area contributed by atoms with Crippen LogP contribution < -0.4 is 5.32 Å². The number of aliphatic hydroxyl groups excluding tert-OH is 1. The Balaban J connectivity index is 1.68. The van der Waals surface area contributed by atoms with Crippen LogP contribution in [0.25, 0.3) is 5.70 Å². The third-order valence-electron chi connectivity index (χ3n) is 6.54. The Hall–Kier alpha value is -4.44. The lowest BCUT2D eigenvalue weighted by Crippen LogP contribution is -2.54. The van der Waals surface area contributed by atoms with E-state index in [0.29, 0.717) is 16.7 Å². The van der Waals surface area contributed by atoms with Gasteiger partial charge in [-0.15, -0.1) is 0 Å². The number of carbonyl (C=O) groups is 3. The third kappa shape index (κ3) is 6.58. The van der Waals surface area contributed by atoms with Crippen LogP contribution in [0.3, 0.4) is 0 Å². The lowest BCUT2D eigenvalue weighted by Gasteiger charge is -2.39. The van der Waals surface area contributed by atoms with Gasteiger partial charge in [-0.3, -0.25) is 19.3 Å². The van der Waals surface area contributed by atoms with Crippen LogP contribution in [0.1, 0.15) is 29.7 Å². The fraction of sp³-hybridized carbons (Fsp3) is 0.233. The molecule has 3 aromatic rings. The number of amides is 3. The molecular weight excluding hydrogens is 523 g/mol. The summed E-state index contributed by atoms with van der Waals surface area (Å²) in [6.45, 7) is 0.682.